The van der Waals surface area contributed by atoms with Gasteiger partial charge in [0.25, 0.3) is 0 Å². The average Bonchev–Trinajstić information content (AvgIpc) is 3.29. The van der Waals surface area contributed by atoms with Crippen molar-refractivity contribution < 1.29 is 0 Å². The first-order valence-corrected chi connectivity index (χ1v) is 22.0. The SMILES string of the molecule is Cc1ccc(N(c2ccccc2)c2ccc3c(c2)C(C)(C)c2ccc4cc5c6c(ccc7cc-3c2c4c76)C(C)(C)c2cc(N(c3ccccc3)c3ccc(C)cc3)ccc2-5)cc1. The molecule has 298 valence electrons. The molecule has 2 aliphatic rings. The van der Waals surface area contributed by atoms with E-state index in [4.69, 9.17) is 0 Å². The molecule has 0 saturated heterocycles. The van der Waals surface area contributed by atoms with E-state index in [1.165, 1.54) is 99.3 Å². The molecule has 0 N–H and O–H groups in total. The Labute approximate surface area is 364 Å². The topological polar surface area (TPSA) is 6.48 Å². The van der Waals surface area contributed by atoms with Gasteiger partial charge in [-0.3, -0.25) is 0 Å². The molecule has 0 spiro atoms. The third kappa shape index (κ3) is 5.23. The zero-order valence-electron chi connectivity index (χ0n) is 36.2. The lowest BCUT2D eigenvalue weighted by atomic mass is 9.65. The minimum absolute atomic E-state index is 0.233. The smallest absolute Gasteiger partial charge is 0.0465 e. The fourth-order valence-electron chi connectivity index (χ4n) is 11.1. The Hall–Kier alpha value is -7.16. The molecule has 62 heavy (non-hydrogen) atoms. The third-order valence-electron chi connectivity index (χ3n) is 14.3. The van der Waals surface area contributed by atoms with E-state index in [1.54, 1.807) is 0 Å². The lowest BCUT2D eigenvalue weighted by Crippen LogP contribution is -2.25. The zero-order valence-corrected chi connectivity index (χ0v) is 36.2. The summed E-state index contributed by atoms with van der Waals surface area (Å²) in [4.78, 5) is 4.79. The van der Waals surface area contributed by atoms with Crippen LogP contribution in [0.3, 0.4) is 0 Å². The lowest BCUT2D eigenvalue weighted by Gasteiger charge is -2.39. The highest BCUT2D eigenvalue weighted by molar-refractivity contribution is 6.31. The van der Waals surface area contributed by atoms with Gasteiger partial charge in [-0.2, -0.15) is 0 Å². The number of hydrogen-bond acceptors (Lipinski definition) is 2. The van der Waals surface area contributed by atoms with E-state index in [2.05, 4.69) is 233 Å². The van der Waals surface area contributed by atoms with Crippen LogP contribution in [0.2, 0.25) is 0 Å². The van der Waals surface area contributed by atoms with Gasteiger partial charge in [0.1, 0.15) is 0 Å². The van der Waals surface area contributed by atoms with Gasteiger partial charge in [-0.25, -0.2) is 0 Å². The summed E-state index contributed by atoms with van der Waals surface area (Å²) < 4.78 is 0. The average molecular weight is 797 g/mol. The number of fused-ring (bicyclic) bond motifs is 4. The van der Waals surface area contributed by atoms with E-state index < -0.39 is 0 Å². The van der Waals surface area contributed by atoms with Crippen LogP contribution in [0.4, 0.5) is 34.1 Å². The van der Waals surface area contributed by atoms with Crippen LogP contribution in [0.1, 0.15) is 61.1 Å². The fourth-order valence-corrected chi connectivity index (χ4v) is 11.1. The Balaban J connectivity index is 1.05. The van der Waals surface area contributed by atoms with Crippen molar-refractivity contribution >= 4 is 66.4 Å². The summed E-state index contributed by atoms with van der Waals surface area (Å²) >= 11 is 0. The van der Waals surface area contributed by atoms with Gasteiger partial charge in [0.2, 0.25) is 0 Å². The Bertz CT molecular complexity index is 3160. The largest absolute Gasteiger partial charge is 0.310 e. The van der Waals surface area contributed by atoms with Crippen LogP contribution in [-0.4, -0.2) is 0 Å². The molecular formula is C60H48N2. The molecule has 0 heterocycles. The molecule has 0 amide bonds. The normalized spacial score (nSPS) is 14.2. The number of hydrogen-bond donors (Lipinski definition) is 0. The Kier molecular flexibility index (Phi) is 7.79. The molecular weight excluding hydrogens is 749 g/mol. The molecule has 0 radical (unpaired) electrons. The van der Waals surface area contributed by atoms with Gasteiger partial charge < -0.3 is 9.80 Å². The maximum absolute atomic E-state index is 2.50. The first-order chi connectivity index (χ1) is 30.1. The number of benzene rings is 10. The highest BCUT2D eigenvalue weighted by Gasteiger charge is 2.39. The Morgan fingerprint density at radius 2 is 0.645 bits per heavy atom. The van der Waals surface area contributed by atoms with Gasteiger partial charge >= 0.3 is 0 Å². The molecule has 2 heteroatoms. The summed E-state index contributed by atoms with van der Waals surface area (Å²) in [5.74, 6) is 0. The van der Waals surface area contributed by atoms with Crippen molar-refractivity contribution in [2.24, 2.45) is 0 Å². The van der Waals surface area contributed by atoms with Crippen LogP contribution < -0.4 is 9.80 Å². The molecule has 0 fully saturated rings. The van der Waals surface area contributed by atoms with Crippen molar-refractivity contribution in [3.63, 3.8) is 0 Å². The van der Waals surface area contributed by atoms with Crippen molar-refractivity contribution in [2.75, 3.05) is 9.80 Å². The molecule has 0 atom stereocenters. The summed E-state index contributed by atoms with van der Waals surface area (Å²) in [5.41, 5.74) is 19.8. The van der Waals surface area contributed by atoms with Crippen molar-refractivity contribution in [3.05, 3.63) is 215 Å². The standard InChI is InChI=1S/C60H48N2/c1-37-17-23-43(24-18-37)61(41-13-9-7-10-14-41)45-27-29-47-49-33-39-22-32-52-58-50(34-40-21-31-51(57(49)55(40)56(39)58)59(3,4)53(47)35-45)48-30-28-46(36-54(48)60(52,5)6)62(42-15-11-8-12-16-42)44-25-19-38(2)20-26-44/h7-36H,1-6H3. The summed E-state index contributed by atoms with van der Waals surface area (Å²) in [5, 5.41) is 8.21. The molecule has 10 aromatic carbocycles. The number of anilines is 6. The first kappa shape index (κ1) is 36.7. The number of para-hydroxylation sites is 2. The second kappa shape index (κ2) is 13.2. The maximum Gasteiger partial charge on any atom is 0.0465 e. The van der Waals surface area contributed by atoms with Crippen LogP contribution >= 0.6 is 0 Å². The monoisotopic (exact) mass is 796 g/mol. The zero-order chi connectivity index (χ0) is 42.1. The summed E-state index contributed by atoms with van der Waals surface area (Å²) in [7, 11) is 0. The first-order valence-electron chi connectivity index (χ1n) is 22.0. The highest BCUT2D eigenvalue weighted by atomic mass is 15.1. The molecule has 0 aliphatic heterocycles. The van der Waals surface area contributed by atoms with Gasteiger partial charge in [-0.15, -0.1) is 0 Å². The summed E-state index contributed by atoms with van der Waals surface area (Å²) in [6.07, 6.45) is 0. The van der Waals surface area contributed by atoms with Crippen molar-refractivity contribution in [1.82, 2.24) is 0 Å². The van der Waals surface area contributed by atoms with Crippen molar-refractivity contribution in [2.45, 2.75) is 52.4 Å². The van der Waals surface area contributed by atoms with Crippen molar-refractivity contribution in [3.8, 4) is 22.3 Å². The molecule has 0 unspecified atom stereocenters. The molecule has 2 aliphatic carbocycles. The van der Waals surface area contributed by atoms with Gasteiger partial charge in [0, 0.05) is 45.0 Å². The quantitative estimate of drug-likeness (QED) is 0.155. The fraction of sp³-hybridized carbons (Fsp3) is 0.133. The molecule has 0 aromatic heterocycles. The molecule has 0 saturated carbocycles. The minimum Gasteiger partial charge on any atom is -0.310 e. The Morgan fingerprint density at radius 1 is 0.290 bits per heavy atom. The minimum atomic E-state index is -0.233. The predicted octanol–water partition coefficient (Wildman–Crippen LogP) is 16.8. The van der Waals surface area contributed by atoms with E-state index in [-0.39, 0.29) is 10.8 Å². The second-order valence-corrected chi connectivity index (χ2v) is 18.7. The van der Waals surface area contributed by atoms with Gasteiger partial charge in [0.15, 0.2) is 0 Å². The summed E-state index contributed by atoms with van der Waals surface area (Å²) in [6.45, 7) is 14.0. The van der Waals surface area contributed by atoms with E-state index in [0.29, 0.717) is 0 Å². The molecule has 0 bridgehead atoms. The number of nitrogens with zero attached hydrogens (tertiary/aromatic N) is 2. The summed E-state index contributed by atoms with van der Waals surface area (Å²) in [6, 6.07) is 68.3. The number of aryl methyl sites for hydroxylation is 2. The van der Waals surface area contributed by atoms with E-state index in [9.17, 15) is 0 Å². The molecule has 10 aromatic rings. The van der Waals surface area contributed by atoms with Gasteiger partial charge in [-0.05, 0) is 176 Å². The van der Waals surface area contributed by atoms with Gasteiger partial charge in [0.05, 0.1) is 0 Å². The van der Waals surface area contributed by atoms with Crippen LogP contribution in [-0.2, 0) is 10.8 Å². The van der Waals surface area contributed by atoms with Crippen LogP contribution in [0.25, 0.3) is 54.6 Å². The highest BCUT2D eigenvalue weighted by Crippen LogP contribution is 2.58. The second-order valence-electron chi connectivity index (χ2n) is 18.7. The third-order valence-corrected chi connectivity index (χ3v) is 14.3. The lowest BCUT2D eigenvalue weighted by molar-refractivity contribution is 0.644. The number of rotatable bonds is 6. The maximum atomic E-state index is 2.50. The van der Waals surface area contributed by atoms with Crippen LogP contribution in [0, 0.1) is 13.8 Å². The van der Waals surface area contributed by atoms with Gasteiger partial charge in [-0.1, -0.05) is 136 Å². The van der Waals surface area contributed by atoms with Crippen LogP contribution in [0.5, 0.6) is 0 Å². The van der Waals surface area contributed by atoms with Crippen LogP contribution in [0.15, 0.2) is 182 Å². The predicted molar refractivity (Wildman–Crippen MR) is 264 cm³/mol. The molecule has 12 rings (SSSR count). The van der Waals surface area contributed by atoms with Crippen molar-refractivity contribution in [1.29, 1.82) is 0 Å². The van der Waals surface area contributed by atoms with E-state index in [0.717, 1.165) is 22.7 Å². The van der Waals surface area contributed by atoms with E-state index >= 15 is 0 Å². The molecule has 2 nitrogen and oxygen atoms in total. The Morgan fingerprint density at radius 3 is 1.03 bits per heavy atom. The van der Waals surface area contributed by atoms with E-state index in [1.807, 2.05) is 0 Å².